The van der Waals surface area contributed by atoms with Gasteiger partial charge in [-0.3, -0.25) is 0 Å². The molecule has 1 aromatic carbocycles. The van der Waals surface area contributed by atoms with Crippen molar-refractivity contribution in [1.82, 2.24) is 5.32 Å². The summed E-state index contributed by atoms with van der Waals surface area (Å²) in [7, 11) is 1.70. The summed E-state index contributed by atoms with van der Waals surface area (Å²) in [5, 5.41) is 3.30. The largest absolute Gasteiger partial charge is 0.485 e. The van der Waals surface area contributed by atoms with E-state index >= 15 is 0 Å². The molecule has 0 aromatic heterocycles. The average molecular weight is 314 g/mol. The van der Waals surface area contributed by atoms with Crippen LogP contribution < -0.4 is 10.1 Å². The van der Waals surface area contributed by atoms with Crippen molar-refractivity contribution >= 4 is 15.9 Å². The standard InChI is InChI=1S/C14H20BrNO2/c1-4-11(2)18-14-6-5-12(9-13(14)15)10-16-7-8-17-3/h4-6,9,11,16H,1,7-8,10H2,2-3H3. The van der Waals surface area contributed by atoms with E-state index in [0.717, 1.165) is 29.9 Å². The first kappa shape index (κ1) is 15.2. The van der Waals surface area contributed by atoms with Gasteiger partial charge in [-0.2, -0.15) is 0 Å². The SMILES string of the molecule is C=CC(C)Oc1ccc(CNCCOC)cc1Br. The van der Waals surface area contributed by atoms with Gasteiger partial charge in [-0.25, -0.2) is 0 Å². The van der Waals surface area contributed by atoms with Crippen molar-refractivity contribution in [2.75, 3.05) is 20.3 Å². The molecule has 100 valence electrons. The number of methoxy groups -OCH3 is 1. The topological polar surface area (TPSA) is 30.5 Å². The van der Waals surface area contributed by atoms with Gasteiger partial charge < -0.3 is 14.8 Å². The first-order valence-corrected chi connectivity index (χ1v) is 6.74. The maximum atomic E-state index is 5.69. The van der Waals surface area contributed by atoms with E-state index in [4.69, 9.17) is 9.47 Å². The third-order valence-corrected chi connectivity index (χ3v) is 3.07. The van der Waals surface area contributed by atoms with Crippen molar-refractivity contribution < 1.29 is 9.47 Å². The van der Waals surface area contributed by atoms with Crippen LogP contribution >= 0.6 is 15.9 Å². The third-order valence-electron chi connectivity index (χ3n) is 2.45. The number of ether oxygens (including phenoxy) is 2. The molecule has 0 aliphatic heterocycles. The summed E-state index contributed by atoms with van der Waals surface area (Å²) in [6.45, 7) is 8.05. The summed E-state index contributed by atoms with van der Waals surface area (Å²) in [5.74, 6) is 0.836. The van der Waals surface area contributed by atoms with Crippen LogP contribution in [0.1, 0.15) is 12.5 Å². The highest BCUT2D eigenvalue weighted by molar-refractivity contribution is 9.10. The Balaban J connectivity index is 2.53. The Morgan fingerprint density at radius 1 is 1.50 bits per heavy atom. The lowest BCUT2D eigenvalue weighted by atomic mass is 10.2. The molecule has 0 fully saturated rings. The second kappa shape index (κ2) is 8.29. The molecule has 1 N–H and O–H groups in total. The molecule has 0 amide bonds. The van der Waals surface area contributed by atoms with Gasteiger partial charge in [-0.1, -0.05) is 18.7 Å². The second-order valence-electron chi connectivity index (χ2n) is 3.99. The van der Waals surface area contributed by atoms with Gasteiger partial charge in [-0.05, 0) is 40.5 Å². The van der Waals surface area contributed by atoms with Crippen molar-refractivity contribution in [1.29, 1.82) is 0 Å². The minimum absolute atomic E-state index is 0.00646. The molecule has 0 aliphatic carbocycles. The molecule has 0 radical (unpaired) electrons. The second-order valence-corrected chi connectivity index (χ2v) is 4.85. The number of hydrogen-bond donors (Lipinski definition) is 1. The Kier molecular flexibility index (Phi) is 7.01. The van der Waals surface area contributed by atoms with Gasteiger partial charge >= 0.3 is 0 Å². The first-order chi connectivity index (χ1) is 8.67. The van der Waals surface area contributed by atoms with Crippen LogP contribution in [0.4, 0.5) is 0 Å². The van der Waals surface area contributed by atoms with Gasteiger partial charge in [0.05, 0.1) is 11.1 Å². The van der Waals surface area contributed by atoms with Crippen LogP contribution in [0.15, 0.2) is 35.3 Å². The van der Waals surface area contributed by atoms with Gasteiger partial charge in [0.1, 0.15) is 11.9 Å². The Hall–Kier alpha value is -0.840. The number of hydrogen-bond acceptors (Lipinski definition) is 3. The molecule has 0 bridgehead atoms. The fourth-order valence-corrected chi connectivity index (χ4v) is 1.92. The Bertz CT molecular complexity index is 382. The van der Waals surface area contributed by atoms with Crippen molar-refractivity contribution in [2.24, 2.45) is 0 Å². The van der Waals surface area contributed by atoms with E-state index in [1.807, 2.05) is 13.0 Å². The van der Waals surface area contributed by atoms with Crippen LogP contribution in [-0.2, 0) is 11.3 Å². The highest BCUT2D eigenvalue weighted by atomic mass is 79.9. The zero-order chi connectivity index (χ0) is 13.4. The van der Waals surface area contributed by atoms with Gasteiger partial charge in [0.25, 0.3) is 0 Å². The Morgan fingerprint density at radius 3 is 2.89 bits per heavy atom. The third kappa shape index (κ3) is 5.21. The van der Waals surface area contributed by atoms with Gasteiger partial charge in [0.2, 0.25) is 0 Å². The van der Waals surface area contributed by atoms with Crippen LogP contribution in [0.25, 0.3) is 0 Å². The zero-order valence-electron chi connectivity index (χ0n) is 10.9. The first-order valence-electron chi connectivity index (χ1n) is 5.94. The van der Waals surface area contributed by atoms with Crippen LogP contribution in [0, 0.1) is 0 Å². The molecular weight excluding hydrogens is 294 g/mol. The van der Waals surface area contributed by atoms with Crippen LogP contribution in [0.2, 0.25) is 0 Å². The van der Waals surface area contributed by atoms with Gasteiger partial charge in [-0.15, -0.1) is 0 Å². The molecular formula is C14H20BrNO2. The summed E-state index contributed by atoms with van der Waals surface area (Å²) in [6.07, 6.45) is 1.78. The van der Waals surface area contributed by atoms with E-state index in [1.165, 1.54) is 5.56 Å². The Morgan fingerprint density at radius 2 is 2.28 bits per heavy atom. The molecule has 0 saturated carbocycles. The molecule has 1 aromatic rings. The summed E-state index contributed by atoms with van der Waals surface area (Å²) in [5.41, 5.74) is 1.21. The maximum absolute atomic E-state index is 5.69. The molecule has 0 saturated heterocycles. The van der Waals surface area contributed by atoms with Gasteiger partial charge in [0.15, 0.2) is 0 Å². The molecule has 4 heteroatoms. The summed E-state index contributed by atoms with van der Waals surface area (Å²) in [4.78, 5) is 0. The predicted molar refractivity (Wildman–Crippen MR) is 78.0 cm³/mol. The van der Waals surface area contributed by atoms with Crippen molar-refractivity contribution in [3.8, 4) is 5.75 Å². The molecule has 0 heterocycles. The summed E-state index contributed by atoms with van der Waals surface area (Å²) < 4.78 is 11.6. The fourth-order valence-electron chi connectivity index (χ4n) is 1.41. The molecule has 0 aliphatic rings. The highest BCUT2D eigenvalue weighted by Crippen LogP contribution is 2.27. The summed E-state index contributed by atoms with van der Waals surface area (Å²) >= 11 is 3.52. The van der Waals surface area contributed by atoms with Crippen molar-refractivity contribution in [3.63, 3.8) is 0 Å². The van der Waals surface area contributed by atoms with Gasteiger partial charge in [0, 0.05) is 20.2 Å². The fraction of sp³-hybridized carbons (Fsp3) is 0.429. The minimum atomic E-state index is 0.00646. The molecule has 0 spiro atoms. The predicted octanol–water partition coefficient (Wildman–Crippen LogP) is 3.14. The van der Waals surface area contributed by atoms with Crippen LogP contribution in [-0.4, -0.2) is 26.4 Å². The maximum Gasteiger partial charge on any atom is 0.134 e. The van der Waals surface area contributed by atoms with Crippen molar-refractivity contribution in [3.05, 3.63) is 40.9 Å². The molecule has 1 rings (SSSR count). The quantitative estimate of drug-likeness (QED) is 0.591. The smallest absolute Gasteiger partial charge is 0.134 e. The lowest BCUT2D eigenvalue weighted by Crippen LogP contribution is -2.18. The van der Waals surface area contributed by atoms with E-state index < -0.39 is 0 Å². The van der Waals surface area contributed by atoms with E-state index in [0.29, 0.717) is 0 Å². The Labute approximate surface area is 117 Å². The zero-order valence-corrected chi connectivity index (χ0v) is 12.5. The van der Waals surface area contributed by atoms with E-state index in [2.05, 4.69) is 40.0 Å². The lowest BCUT2D eigenvalue weighted by molar-refractivity contribution is 0.199. The number of nitrogens with one attached hydrogen (secondary N) is 1. The number of rotatable bonds is 8. The monoisotopic (exact) mass is 313 g/mol. The van der Waals surface area contributed by atoms with E-state index in [9.17, 15) is 0 Å². The van der Waals surface area contributed by atoms with Crippen LogP contribution in [0.3, 0.4) is 0 Å². The molecule has 3 nitrogen and oxygen atoms in total. The minimum Gasteiger partial charge on any atom is -0.485 e. The normalized spacial score (nSPS) is 12.2. The van der Waals surface area contributed by atoms with Crippen molar-refractivity contribution in [2.45, 2.75) is 19.6 Å². The summed E-state index contributed by atoms with van der Waals surface area (Å²) in [6, 6.07) is 6.08. The molecule has 18 heavy (non-hydrogen) atoms. The van der Waals surface area contributed by atoms with E-state index in [1.54, 1.807) is 13.2 Å². The number of benzene rings is 1. The average Bonchev–Trinajstić information content (AvgIpc) is 2.37. The molecule has 1 unspecified atom stereocenters. The molecule has 1 atom stereocenters. The van der Waals surface area contributed by atoms with E-state index in [-0.39, 0.29) is 6.10 Å². The van der Waals surface area contributed by atoms with Crippen LogP contribution in [0.5, 0.6) is 5.75 Å². The number of halogens is 1. The highest BCUT2D eigenvalue weighted by Gasteiger charge is 2.05. The lowest BCUT2D eigenvalue weighted by Gasteiger charge is -2.13.